The van der Waals surface area contributed by atoms with Gasteiger partial charge in [-0.05, 0) is 0 Å². The number of rotatable bonds is 3. The van der Waals surface area contributed by atoms with Gasteiger partial charge in [0.15, 0.2) is 0 Å². The van der Waals surface area contributed by atoms with Crippen LogP contribution in [0.2, 0.25) is 0 Å². The molecule has 0 amide bonds. The highest BCUT2D eigenvalue weighted by Gasteiger charge is 2.41. The standard InChI is InChI=1S/C7H15NO4/c1-11-7-5(3-10)12-4(2-9)6(7)8/h4-7,9-10H,2-3,8H2,1H3/t4-,5+,6+,7+/m1/s1. The van der Waals surface area contributed by atoms with Crippen LogP contribution in [0, 0.1) is 0 Å². The smallest absolute Gasteiger partial charge is 0.109 e. The van der Waals surface area contributed by atoms with Crippen molar-refractivity contribution in [3.05, 3.63) is 0 Å². The summed E-state index contributed by atoms with van der Waals surface area (Å²) in [5.41, 5.74) is 5.69. The Balaban J connectivity index is 2.58. The minimum Gasteiger partial charge on any atom is -0.394 e. The van der Waals surface area contributed by atoms with E-state index < -0.39 is 12.2 Å². The topological polar surface area (TPSA) is 84.9 Å². The highest BCUT2D eigenvalue weighted by molar-refractivity contribution is 4.93. The largest absolute Gasteiger partial charge is 0.394 e. The molecule has 0 unspecified atom stereocenters. The van der Waals surface area contributed by atoms with Gasteiger partial charge < -0.3 is 25.4 Å². The summed E-state index contributed by atoms with van der Waals surface area (Å²) in [6, 6.07) is -0.364. The van der Waals surface area contributed by atoms with Gasteiger partial charge in [0, 0.05) is 7.11 Å². The van der Waals surface area contributed by atoms with Crippen LogP contribution in [-0.2, 0) is 9.47 Å². The zero-order valence-electron chi connectivity index (χ0n) is 7.01. The molecule has 4 atom stereocenters. The number of aliphatic hydroxyl groups excluding tert-OH is 2. The van der Waals surface area contributed by atoms with E-state index in [-0.39, 0.29) is 25.4 Å². The van der Waals surface area contributed by atoms with Crippen molar-refractivity contribution in [3.8, 4) is 0 Å². The van der Waals surface area contributed by atoms with Crippen LogP contribution in [0.15, 0.2) is 0 Å². The van der Waals surface area contributed by atoms with Crippen LogP contribution in [0.1, 0.15) is 0 Å². The summed E-state index contributed by atoms with van der Waals surface area (Å²) in [6.07, 6.45) is -1.17. The third kappa shape index (κ3) is 1.60. The van der Waals surface area contributed by atoms with Crippen LogP contribution in [0.25, 0.3) is 0 Å². The molecule has 5 nitrogen and oxygen atoms in total. The summed E-state index contributed by atoms with van der Waals surface area (Å²) >= 11 is 0. The number of aliphatic hydroxyl groups is 2. The molecule has 0 aromatic carbocycles. The summed E-state index contributed by atoms with van der Waals surface area (Å²) in [4.78, 5) is 0. The van der Waals surface area contributed by atoms with Crippen LogP contribution < -0.4 is 5.73 Å². The first-order valence-electron chi connectivity index (χ1n) is 3.90. The summed E-state index contributed by atoms with van der Waals surface area (Å²) < 4.78 is 10.3. The Labute approximate surface area is 71.1 Å². The molecule has 1 aliphatic rings. The number of hydrogen-bond acceptors (Lipinski definition) is 5. The van der Waals surface area contributed by atoms with Gasteiger partial charge in [0.25, 0.3) is 0 Å². The molecule has 1 heterocycles. The summed E-state index contributed by atoms with van der Waals surface area (Å²) in [5, 5.41) is 17.7. The van der Waals surface area contributed by atoms with Crippen molar-refractivity contribution in [1.82, 2.24) is 0 Å². The van der Waals surface area contributed by atoms with Gasteiger partial charge in [0.05, 0.1) is 25.4 Å². The van der Waals surface area contributed by atoms with Crippen molar-refractivity contribution in [1.29, 1.82) is 0 Å². The normalized spacial score (nSPS) is 42.0. The molecule has 5 heteroatoms. The summed E-state index contributed by atoms with van der Waals surface area (Å²) in [5.74, 6) is 0. The SMILES string of the molecule is CO[C@@H]1[C@@H](N)[C@@H](CO)O[C@H]1CO. The lowest BCUT2D eigenvalue weighted by molar-refractivity contribution is -0.0444. The Morgan fingerprint density at radius 1 is 1.33 bits per heavy atom. The van der Waals surface area contributed by atoms with Crippen LogP contribution >= 0.6 is 0 Å². The summed E-state index contributed by atoms with van der Waals surface area (Å²) in [7, 11) is 1.51. The van der Waals surface area contributed by atoms with E-state index >= 15 is 0 Å². The van der Waals surface area contributed by atoms with Crippen molar-refractivity contribution >= 4 is 0 Å². The van der Waals surface area contributed by atoms with Gasteiger partial charge in [-0.25, -0.2) is 0 Å². The number of methoxy groups -OCH3 is 1. The van der Waals surface area contributed by atoms with E-state index in [1.54, 1.807) is 0 Å². The number of ether oxygens (including phenoxy) is 2. The Hall–Kier alpha value is -0.200. The van der Waals surface area contributed by atoms with Gasteiger partial charge in [-0.15, -0.1) is 0 Å². The molecule has 1 aliphatic heterocycles. The second-order valence-corrected chi connectivity index (χ2v) is 2.86. The van der Waals surface area contributed by atoms with Gasteiger partial charge in [-0.1, -0.05) is 0 Å². The van der Waals surface area contributed by atoms with E-state index in [9.17, 15) is 0 Å². The molecule has 72 valence electrons. The molecule has 0 aromatic heterocycles. The van der Waals surface area contributed by atoms with Gasteiger partial charge in [-0.2, -0.15) is 0 Å². The molecule has 0 aromatic rings. The van der Waals surface area contributed by atoms with Crippen molar-refractivity contribution < 1.29 is 19.7 Å². The molecule has 0 bridgehead atoms. The number of hydrogen-bond donors (Lipinski definition) is 3. The average molecular weight is 177 g/mol. The van der Waals surface area contributed by atoms with Crippen LogP contribution in [0.4, 0.5) is 0 Å². The lowest BCUT2D eigenvalue weighted by atomic mass is 10.1. The predicted molar refractivity (Wildman–Crippen MR) is 41.6 cm³/mol. The predicted octanol–water partition coefficient (Wildman–Crippen LogP) is -1.92. The Morgan fingerprint density at radius 2 is 1.92 bits per heavy atom. The number of nitrogens with two attached hydrogens (primary N) is 1. The fourth-order valence-corrected chi connectivity index (χ4v) is 1.47. The van der Waals surface area contributed by atoms with Crippen LogP contribution in [0.5, 0.6) is 0 Å². The van der Waals surface area contributed by atoms with E-state index in [2.05, 4.69) is 0 Å². The molecule has 4 N–H and O–H groups in total. The first-order valence-corrected chi connectivity index (χ1v) is 3.90. The quantitative estimate of drug-likeness (QED) is 0.468. The van der Waals surface area contributed by atoms with Crippen molar-refractivity contribution in [2.24, 2.45) is 5.73 Å². The molecule has 0 saturated carbocycles. The second-order valence-electron chi connectivity index (χ2n) is 2.86. The molecule has 1 rings (SSSR count). The maximum absolute atomic E-state index is 8.86. The second kappa shape index (κ2) is 4.15. The zero-order chi connectivity index (χ0) is 9.14. The highest BCUT2D eigenvalue weighted by atomic mass is 16.6. The van der Waals surface area contributed by atoms with Crippen LogP contribution in [0.3, 0.4) is 0 Å². The maximum Gasteiger partial charge on any atom is 0.109 e. The minimum absolute atomic E-state index is 0.136. The van der Waals surface area contributed by atoms with Gasteiger partial charge in [0.1, 0.15) is 12.2 Å². The monoisotopic (exact) mass is 177 g/mol. The summed E-state index contributed by atoms with van der Waals surface area (Å²) in [6.45, 7) is -0.278. The van der Waals surface area contributed by atoms with E-state index in [1.165, 1.54) is 7.11 Å². The lowest BCUT2D eigenvalue weighted by Crippen LogP contribution is -2.43. The third-order valence-corrected chi connectivity index (χ3v) is 2.16. The van der Waals surface area contributed by atoms with E-state index in [0.717, 1.165) is 0 Å². The molecular formula is C7H15NO4. The highest BCUT2D eigenvalue weighted by Crippen LogP contribution is 2.21. The molecule has 0 spiro atoms. The average Bonchev–Trinajstić information content (AvgIpc) is 2.41. The lowest BCUT2D eigenvalue weighted by Gasteiger charge is -2.17. The molecule has 1 fully saturated rings. The Morgan fingerprint density at radius 3 is 2.25 bits per heavy atom. The Kier molecular flexibility index (Phi) is 3.42. The van der Waals surface area contributed by atoms with Gasteiger partial charge in [-0.3, -0.25) is 0 Å². The fourth-order valence-electron chi connectivity index (χ4n) is 1.47. The first-order chi connectivity index (χ1) is 5.74. The fraction of sp³-hybridized carbons (Fsp3) is 1.00. The third-order valence-electron chi connectivity index (χ3n) is 2.16. The first kappa shape index (κ1) is 9.88. The van der Waals surface area contributed by atoms with E-state index in [0.29, 0.717) is 0 Å². The van der Waals surface area contributed by atoms with Gasteiger partial charge >= 0.3 is 0 Å². The van der Waals surface area contributed by atoms with Crippen LogP contribution in [-0.4, -0.2) is 54.9 Å². The molecule has 12 heavy (non-hydrogen) atoms. The molecular weight excluding hydrogens is 162 g/mol. The molecule has 1 saturated heterocycles. The zero-order valence-corrected chi connectivity index (χ0v) is 7.01. The van der Waals surface area contributed by atoms with Crippen molar-refractivity contribution in [2.75, 3.05) is 20.3 Å². The van der Waals surface area contributed by atoms with Crippen molar-refractivity contribution in [3.63, 3.8) is 0 Å². The maximum atomic E-state index is 8.86. The molecule has 0 aliphatic carbocycles. The molecule has 0 radical (unpaired) electrons. The van der Waals surface area contributed by atoms with E-state index in [4.69, 9.17) is 25.4 Å². The van der Waals surface area contributed by atoms with E-state index in [1.807, 2.05) is 0 Å². The Bertz CT molecular complexity index is 141. The minimum atomic E-state index is -0.424. The van der Waals surface area contributed by atoms with Crippen molar-refractivity contribution in [2.45, 2.75) is 24.4 Å². The van der Waals surface area contributed by atoms with Gasteiger partial charge in [0.2, 0.25) is 0 Å².